The van der Waals surface area contributed by atoms with Crippen molar-refractivity contribution in [2.45, 2.75) is 32.6 Å². The third kappa shape index (κ3) is 5.29. The van der Waals surface area contributed by atoms with Crippen LogP contribution in [-0.4, -0.2) is 64.8 Å². The fourth-order valence-electron chi connectivity index (χ4n) is 3.17. The van der Waals surface area contributed by atoms with Crippen molar-refractivity contribution in [2.24, 2.45) is 0 Å². The van der Waals surface area contributed by atoms with E-state index in [4.69, 9.17) is 9.47 Å². The molecule has 2 heterocycles. The minimum absolute atomic E-state index is 0.0917. The Hall–Kier alpha value is -1.89. The van der Waals surface area contributed by atoms with Crippen LogP contribution in [0.2, 0.25) is 0 Å². The summed E-state index contributed by atoms with van der Waals surface area (Å²) in [5.74, 6) is 0.783. The van der Waals surface area contributed by atoms with Gasteiger partial charge in [0.15, 0.2) is 0 Å². The topological polar surface area (TPSA) is 59.8 Å². The molecule has 1 fully saturated rings. The fraction of sp³-hybridized carbons (Fsp3) is 0.526. The van der Waals surface area contributed by atoms with Crippen LogP contribution in [-0.2, 0) is 11.3 Å². The van der Waals surface area contributed by atoms with Gasteiger partial charge in [-0.2, -0.15) is 5.10 Å². The van der Waals surface area contributed by atoms with Crippen LogP contribution < -0.4 is 4.74 Å². The molecule has 6 heteroatoms. The molecule has 1 saturated heterocycles. The summed E-state index contributed by atoms with van der Waals surface area (Å²) < 4.78 is 13.5. The third-order valence-corrected chi connectivity index (χ3v) is 4.36. The van der Waals surface area contributed by atoms with Gasteiger partial charge >= 0.3 is 0 Å². The first-order valence-electron chi connectivity index (χ1n) is 8.81. The zero-order valence-electron chi connectivity index (χ0n) is 15.0. The third-order valence-electron chi connectivity index (χ3n) is 4.36. The molecule has 0 saturated carbocycles. The van der Waals surface area contributed by atoms with Crippen LogP contribution in [0.15, 0.2) is 36.4 Å². The molecule has 6 nitrogen and oxygen atoms in total. The maximum Gasteiger partial charge on any atom is 0.119 e. The smallest absolute Gasteiger partial charge is 0.119 e. The number of aromatic nitrogens is 2. The van der Waals surface area contributed by atoms with Gasteiger partial charge in [-0.05, 0) is 32.0 Å². The van der Waals surface area contributed by atoms with E-state index in [-0.39, 0.29) is 6.10 Å². The maximum atomic E-state index is 10.3. The molecule has 2 atom stereocenters. The van der Waals surface area contributed by atoms with Crippen molar-refractivity contribution in [1.82, 2.24) is 14.7 Å². The highest BCUT2D eigenvalue weighted by atomic mass is 16.5. The van der Waals surface area contributed by atoms with Gasteiger partial charge in [0.25, 0.3) is 0 Å². The number of aliphatic hydroxyl groups excluding tert-OH is 1. The van der Waals surface area contributed by atoms with E-state index in [0.29, 0.717) is 19.8 Å². The molecule has 25 heavy (non-hydrogen) atoms. The normalized spacial score (nSPS) is 19.7. The minimum Gasteiger partial charge on any atom is -0.491 e. The molecule has 0 bridgehead atoms. The number of aryl methyl sites for hydroxylation is 2. The van der Waals surface area contributed by atoms with E-state index in [1.165, 1.54) is 0 Å². The van der Waals surface area contributed by atoms with Crippen LogP contribution in [0.4, 0.5) is 0 Å². The van der Waals surface area contributed by atoms with E-state index < -0.39 is 6.10 Å². The van der Waals surface area contributed by atoms with Gasteiger partial charge in [0.2, 0.25) is 0 Å². The quantitative estimate of drug-likeness (QED) is 0.827. The van der Waals surface area contributed by atoms with E-state index in [2.05, 4.69) is 23.0 Å². The lowest BCUT2D eigenvalue weighted by Crippen LogP contribution is -2.47. The Balaban J connectivity index is 1.45. The Bertz CT molecular complexity index is 659. The van der Waals surface area contributed by atoms with Crippen molar-refractivity contribution in [1.29, 1.82) is 0 Å². The standard InChI is InChI=1S/C19H27N3O3/c1-15-10-16(2)22(20-15)13-19-12-21(8-9-24-19)11-17(23)14-25-18-6-4-3-5-7-18/h3-7,10,17,19,23H,8-9,11-14H2,1-2H3/t17-,19+/m0/s1. The molecular formula is C19H27N3O3. The van der Waals surface area contributed by atoms with Gasteiger partial charge in [-0.3, -0.25) is 9.58 Å². The number of hydrogen-bond acceptors (Lipinski definition) is 5. The number of hydrogen-bond donors (Lipinski definition) is 1. The van der Waals surface area contributed by atoms with Gasteiger partial charge in [-0.1, -0.05) is 18.2 Å². The van der Waals surface area contributed by atoms with Crippen molar-refractivity contribution in [3.05, 3.63) is 47.8 Å². The summed E-state index contributed by atoms with van der Waals surface area (Å²) in [7, 11) is 0. The molecule has 1 aliphatic heterocycles. The number of nitrogens with zero attached hydrogens (tertiary/aromatic N) is 3. The molecule has 136 valence electrons. The Labute approximate surface area is 149 Å². The van der Waals surface area contributed by atoms with E-state index in [1.54, 1.807) is 0 Å². The summed E-state index contributed by atoms with van der Waals surface area (Å²) in [4.78, 5) is 2.23. The Morgan fingerprint density at radius 2 is 2.12 bits per heavy atom. The lowest BCUT2D eigenvalue weighted by Gasteiger charge is -2.34. The van der Waals surface area contributed by atoms with Crippen molar-refractivity contribution in [2.75, 3.05) is 32.8 Å². The zero-order valence-corrected chi connectivity index (χ0v) is 15.0. The Morgan fingerprint density at radius 1 is 1.32 bits per heavy atom. The Morgan fingerprint density at radius 3 is 2.84 bits per heavy atom. The maximum absolute atomic E-state index is 10.3. The second-order valence-corrected chi connectivity index (χ2v) is 6.64. The summed E-state index contributed by atoms with van der Waals surface area (Å²) in [6, 6.07) is 11.7. The summed E-state index contributed by atoms with van der Waals surface area (Å²) in [5, 5.41) is 14.8. The number of para-hydroxylation sites is 1. The second kappa shape index (κ2) is 8.47. The largest absolute Gasteiger partial charge is 0.491 e. The number of aliphatic hydroxyl groups is 1. The predicted molar refractivity (Wildman–Crippen MR) is 95.8 cm³/mol. The first kappa shape index (κ1) is 17.9. The predicted octanol–water partition coefficient (Wildman–Crippen LogP) is 1.64. The van der Waals surface area contributed by atoms with Crippen molar-refractivity contribution in [3.8, 4) is 5.75 Å². The van der Waals surface area contributed by atoms with Crippen molar-refractivity contribution >= 4 is 0 Å². The lowest BCUT2D eigenvalue weighted by atomic mass is 10.2. The highest BCUT2D eigenvalue weighted by Gasteiger charge is 2.23. The first-order valence-corrected chi connectivity index (χ1v) is 8.81. The first-order chi connectivity index (χ1) is 12.1. The van der Waals surface area contributed by atoms with Crippen molar-refractivity contribution in [3.63, 3.8) is 0 Å². The van der Waals surface area contributed by atoms with Crippen molar-refractivity contribution < 1.29 is 14.6 Å². The van der Waals surface area contributed by atoms with Gasteiger partial charge < -0.3 is 14.6 Å². The number of β-amino-alcohol motifs (C(OH)–C–C–N with tert-alkyl or cyclic N) is 1. The molecule has 2 aromatic rings. The van der Waals surface area contributed by atoms with E-state index in [1.807, 2.05) is 41.9 Å². The molecule has 1 aromatic heterocycles. The molecule has 0 amide bonds. The lowest BCUT2D eigenvalue weighted by molar-refractivity contribution is -0.0519. The summed E-state index contributed by atoms with van der Waals surface area (Å²) in [6.07, 6.45) is -0.429. The molecular weight excluding hydrogens is 318 g/mol. The highest BCUT2D eigenvalue weighted by Crippen LogP contribution is 2.12. The van der Waals surface area contributed by atoms with Crippen LogP contribution in [0, 0.1) is 13.8 Å². The molecule has 1 aromatic carbocycles. The zero-order chi connectivity index (χ0) is 17.6. The molecule has 3 rings (SSSR count). The molecule has 0 unspecified atom stereocenters. The second-order valence-electron chi connectivity index (χ2n) is 6.64. The SMILES string of the molecule is Cc1cc(C)n(C[C@H]2CN(C[C@H](O)COc3ccccc3)CCO2)n1. The van der Waals surface area contributed by atoms with Crippen LogP contribution in [0.5, 0.6) is 5.75 Å². The van der Waals surface area contributed by atoms with E-state index in [9.17, 15) is 5.11 Å². The number of rotatable bonds is 7. The van der Waals surface area contributed by atoms with E-state index in [0.717, 1.165) is 36.8 Å². The average molecular weight is 345 g/mol. The van der Waals surface area contributed by atoms with Crippen LogP contribution in [0.25, 0.3) is 0 Å². The van der Waals surface area contributed by atoms with Crippen LogP contribution in [0.3, 0.4) is 0 Å². The monoisotopic (exact) mass is 345 g/mol. The highest BCUT2D eigenvalue weighted by molar-refractivity contribution is 5.20. The summed E-state index contributed by atoms with van der Waals surface area (Å²) >= 11 is 0. The van der Waals surface area contributed by atoms with Gasteiger partial charge in [-0.15, -0.1) is 0 Å². The van der Waals surface area contributed by atoms with Gasteiger partial charge in [0, 0.05) is 25.3 Å². The number of morpholine rings is 1. The van der Waals surface area contributed by atoms with Crippen LogP contribution in [0.1, 0.15) is 11.4 Å². The molecule has 0 radical (unpaired) electrons. The van der Waals surface area contributed by atoms with Crippen LogP contribution >= 0.6 is 0 Å². The fourth-order valence-corrected chi connectivity index (χ4v) is 3.17. The minimum atomic E-state index is -0.521. The number of benzene rings is 1. The summed E-state index contributed by atoms with van der Waals surface area (Å²) in [6.45, 7) is 7.99. The molecule has 0 aliphatic carbocycles. The molecule has 0 spiro atoms. The average Bonchev–Trinajstić information content (AvgIpc) is 2.91. The summed E-state index contributed by atoms with van der Waals surface area (Å²) in [5.41, 5.74) is 2.17. The van der Waals surface area contributed by atoms with Gasteiger partial charge in [0.1, 0.15) is 18.5 Å². The Kier molecular flexibility index (Phi) is 6.07. The molecule has 1 N–H and O–H groups in total. The van der Waals surface area contributed by atoms with Gasteiger partial charge in [0.05, 0.1) is 24.9 Å². The number of ether oxygens (including phenoxy) is 2. The molecule has 1 aliphatic rings. The van der Waals surface area contributed by atoms with Gasteiger partial charge in [-0.25, -0.2) is 0 Å². The van der Waals surface area contributed by atoms with E-state index >= 15 is 0 Å².